The number of imidazole rings is 1. The van der Waals surface area contributed by atoms with E-state index >= 15 is 0 Å². The largest absolute Gasteiger partial charge is 0.455 e. The fourth-order valence-electron chi connectivity index (χ4n) is 3.19. The van der Waals surface area contributed by atoms with Gasteiger partial charge in [0.2, 0.25) is 11.7 Å². The van der Waals surface area contributed by atoms with E-state index in [1.807, 2.05) is 0 Å². The highest BCUT2D eigenvalue weighted by Crippen LogP contribution is 2.38. The molecule has 0 aromatic carbocycles. The second-order valence-corrected chi connectivity index (χ2v) is 7.09. The molecule has 180 valence electrons. The molecule has 0 radical (unpaired) electrons. The minimum absolute atomic E-state index is 0.0718. The van der Waals surface area contributed by atoms with Crippen molar-refractivity contribution in [2.45, 2.75) is 31.7 Å². The SMILES string of the molecule is Cc1cn2c(=O)c(-c3cnn(CC(F)(F)C(F)(F)F)c3)c(C(F)(F)F)nc2n1-c1ncccn1. The number of hydrogen-bond acceptors (Lipinski definition) is 5. The fraction of sp³-hybridized carbons (Fsp3) is 0.278. The van der Waals surface area contributed by atoms with Crippen LogP contribution in [0.1, 0.15) is 11.4 Å². The van der Waals surface area contributed by atoms with Crippen LogP contribution in [0.5, 0.6) is 0 Å². The molecule has 0 unspecified atom stereocenters. The number of hydrogen-bond donors (Lipinski definition) is 0. The molecule has 0 spiro atoms. The van der Waals surface area contributed by atoms with E-state index in [1.54, 1.807) is 0 Å². The van der Waals surface area contributed by atoms with Gasteiger partial charge < -0.3 is 0 Å². The van der Waals surface area contributed by atoms with Crippen LogP contribution >= 0.6 is 0 Å². The molecule has 4 rings (SSSR count). The Morgan fingerprint density at radius 1 is 0.971 bits per heavy atom. The lowest BCUT2D eigenvalue weighted by atomic mass is 10.1. The molecule has 0 saturated heterocycles. The van der Waals surface area contributed by atoms with Crippen molar-refractivity contribution in [1.82, 2.24) is 33.7 Å². The highest BCUT2D eigenvalue weighted by Gasteiger charge is 2.57. The predicted molar refractivity (Wildman–Crippen MR) is 98.3 cm³/mol. The number of halogens is 8. The van der Waals surface area contributed by atoms with E-state index in [2.05, 4.69) is 20.1 Å². The average Bonchev–Trinajstić information content (AvgIpc) is 3.30. The lowest BCUT2D eigenvalue weighted by Crippen LogP contribution is -2.40. The van der Waals surface area contributed by atoms with Gasteiger partial charge >= 0.3 is 18.3 Å². The van der Waals surface area contributed by atoms with Gasteiger partial charge in [0.25, 0.3) is 5.56 Å². The molecule has 0 aliphatic carbocycles. The Bertz CT molecular complexity index is 1420. The van der Waals surface area contributed by atoms with E-state index < -0.39 is 53.0 Å². The Balaban J connectivity index is 1.92. The number of alkyl halides is 8. The molecule has 4 heterocycles. The molecule has 4 aromatic heterocycles. The van der Waals surface area contributed by atoms with E-state index in [1.165, 1.54) is 25.4 Å². The first kappa shape index (κ1) is 23.3. The third-order valence-corrected chi connectivity index (χ3v) is 4.68. The first-order valence-electron chi connectivity index (χ1n) is 9.17. The van der Waals surface area contributed by atoms with Crippen molar-refractivity contribution < 1.29 is 35.1 Å². The van der Waals surface area contributed by atoms with Gasteiger partial charge in [0.1, 0.15) is 6.54 Å². The fourth-order valence-corrected chi connectivity index (χ4v) is 3.19. The van der Waals surface area contributed by atoms with Crippen LogP contribution < -0.4 is 5.56 Å². The molecule has 0 atom stereocenters. The third kappa shape index (κ3) is 3.88. The molecule has 0 aliphatic rings. The van der Waals surface area contributed by atoms with Crippen molar-refractivity contribution in [3.8, 4) is 17.1 Å². The van der Waals surface area contributed by atoms with Gasteiger partial charge in [0.15, 0.2) is 5.69 Å². The van der Waals surface area contributed by atoms with E-state index in [0.717, 1.165) is 15.2 Å². The summed E-state index contributed by atoms with van der Waals surface area (Å²) in [6.45, 7) is -0.537. The van der Waals surface area contributed by atoms with Gasteiger partial charge in [-0.25, -0.2) is 15.0 Å². The number of rotatable bonds is 4. The van der Waals surface area contributed by atoms with Crippen LogP contribution in [0.15, 0.2) is 41.8 Å². The first-order chi connectivity index (χ1) is 15.7. The third-order valence-electron chi connectivity index (χ3n) is 4.68. The molecule has 0 fully saturated rings. The van der Waals surface area contributed by atoms with E-state index in [-0.39, 0.29) is 16.3 Å². The number of fused-ring (bicyclic) bond motifs is 1. The molecule has 0 N–H and O–H groups in total. The van der Waals surface area contributed by atoms with Gasteiger partial charge in [-0.15, -0.1) is 0 Å². The highest BCUT2D eigenvalue weighted by atomic mass is 19.4. The van der Waals surface area contributed by atoms with Crippen molar-refractivity contribution in [2.75, 3.05) is 0 Å². The molecular weight excluding hydrogens is 482 g/mol. The first-order valence-corrected chi connectivity index (χ1v) is 9.17. The Morgan fingerprint density at radius 3 is 2.21 bits per heavy atom. The molecular formula is C18H11F8N7O. The second-order valence-electron chi connectivity index (χ2n) is 7.09. The molecule has 0 aliphatic heterocycles. The van der Waals surface area contributed by atoms with Crippen LogP contribution in [0.2, 0.25) is 0 Å². The Hall–Kier alpha value is -3.85. The summed E-state index contributed by atoms with van der Waals surface area (Å²) in [4.78, 5) is 24.5. The summed E-state index contributed by atoms with van der Waals surface area (Å²) < 4.78 is 108. The topological polar surface area (TPSA) is 82.9 Å². The summed E-state index contributed by atoms with van der Waals surface area (Å²) in [5, 5.41) is 3.27. The van der Waals surface area contributed by atoms with Gasteiger partial charge in [0.05, 0.1) is 11.8 Å². The normalized spacial score (nSPS) is 13.1. The Kier molecular flexibility index (Phi) is 5.21. The average molecular weight is 493 g/mol. The Morgan fingerprint density at radius 2 is 1.62 bits per heavy atom. The molecule has 0 saturated carbocycles. The van der Waals surface area contributed by atoms with E-state index in [0.29, 0.717) is 12.4 Å². The van der Waals surface area contributed by atoms with Crippen LogP contribution in [0.25, 0.3) is 22.9 Å². The van der Waals surface area contributed by atoms with Crippen LogP contribution in [0, 0.1) is 6.92 Å². The maximum Gasteiger partial charge on any atom is 0.455 e. The quantitative estimate of drug-likeness (QED) is 0.406. The number of aromatic nitrogens is 7. The molecule has 0 amide bonds. The van der Waals surface area contributed by atoms with Crippen LogP contribution in [0.3, 0.4) is 0 Å². The number of nitrogens with zero attached hydrogens (tertiary/aromatic N) is 7. The zero-order chi connectivity index (χ0) is 25.1. The van der Waals surface area contributed by atoms with Crippen LogP contribution in [-0.2, 0) is 12.7 Å². The maximum absolute atomic E-state index is 13.9. The zero-order valence-electron chi connectivity index (χ0n) is 16.7. The minimum Gasteiger partial charge on any atom is -0.268 e. The van der Waals surface area contributed by atoms with Gasteiger partial charge in [-0.05, 0) is 13.0 Å². The molecule has 0 bridgehead atoms. The van der Waals surface area contributed by atoms with E-state index in [9.17, 15) is 39.9 Å². The van der Waals surface area contributed by atoms with Gasteiger partial charge in [-0.3, -0.25) is 18.4 Å². The van der Waals surface area contributed by atoms with E-state index in [4.69, 9.17) is 0 Å². The molecule has 4 aromatic rings. The summed E-state index contributed by atoms with van der Waals surface area (Å²) in [5.41, 5.74) is -4.41. The van der Waals surface area contributed by atoms with Crippen molar-refractivity contribution in [3.63, 3.8) is 0 Å². The second kappa shape index (κ2) is 7.59. The highest BCUT2D eigenvalue weighted by molar-refractivity contribution is 5.66. The maximum atomic E-state index is 13.9. The van der Waals surface area contributed by atoms with Gasteiger partial charge in [0, 0.05) is 36.0 Å². The van der Waals surface area contributed by atoms with Gasteiger partial charge in [-0.1, -0.05) is 0 Å². The summed E-state index contributed by atoms with van der Waals surface area (Å²) in [7, 11) is 0. The molecule has 34 heavy (non-hydrogen) atoms. The number of aryl methyl sites for hydroxylation is 1. The predicted octanol–water partition coefficient (Wildman–Crippen LogP) is 3.66. The van der Waals surface area contributed by atoms with Crippen LogP contribution in [-0.4, -0.2) is 45.8 Å². The monoisotopic (exact) mass is 493 g/mol. The van der Waals surface area contributed by atoms with Gasteiger partial charge in [-0.2, -0.15) is 40.2 Å². The molecule has 8 nitrogen and oxygen atoms in total. The lowest BCUT2D eigenvalue weighted by Gasteiger charge is -2.19. The minimum atomic E-state index is -5.91. The zero-order valence-corrected chi connectivity index (χ0v) is 16.7. The standard InChI is InChI=1S/C18H11F8N7O/c1-9-6-32-13(34)11(10-5-29-31(7-10)8-16(19,20)18(24,25)26)12(17(21,22)23)30-15(32)33(9)14-27-3-2-4-28-14/h2-7H,8H2,1H3. The molecule has 16 heteroatoms. The van der Waals surface area contributed by atoms with Crippen molar-refractivity contribution in [2.24, 2.45) is 0 Å². The summed E-state index contributed by atoms with van der Waals surface area (Å²) in [5.74, 6) is -5.76. The van der Waals surface area contributed by atoms with Crippen molar-refractivity contribution >= 4 is 5.78 Å². The smallest absolute Gasteiger partial charge is 0.268 e. The summed E-state index contributed by atoms with van der Waals surface area (Å²) in [6.07, 6.45) is -6.23. The van der Waals surface area contributed by atoms with Crippen molar-refractivity contribution in [1.29, 1.82) is 0 Å². The van der Waals surface area contributed by atoms with Crippen LogP contribution in [0.4, 0.5) is 35.1 Å². The Labute approximate surface area is 183 Å². The summed E-state index contributed by atoms with van der Waals surface area (Å²) >= 11 is 0. The summed E-state index contributed by atoms with van der Waals surface area (Å²) in [6, 6.07) is 1.46. The van der Waals surface area contributed by atoms with Crippen molar-refractivity contribution in [3.05, 3.63) is 58.8 Å². The lowest BCUT2D eigenvalue weighted by molar-refractivity contribution is -0.287.